The van der Waals surface area contributed by atoms with E-state index in [0.717, 1.165) is 30.0 Å². The van der Waals surface area contributed by atoms with Gasteiger partial charge in [0.2, 0.25) is 0 Å². The van der Waals surface area contributed by atoms with Crippen LogP contribution in [0.5, 0.6) is 5.75 Å². The molecule has 0 saturated carbocycles. The quantitative estimate of drug-likeness (QED) is 0.821. The standard InChI is InChI=1S/C14H17ClN2O/c1-9-6-13(14(18-3)7-12(9)15)17-5-4-11(8-16)10(17)2/h6-7,10-11H,4-5H2,1-3H3. The summed E-state index contributed by atoms with van der Waals surface area (Å²) in [6.07, 6.45) is 0.905. The molecule has 18 heavy (non-hydrogen) atoms. The maximum absolute atomic E-state index is 9.10. The van der Waals surface area contributed by atoms with Gasteiger partial charge in [-0.1, -0.05) is 11.6 Å². The van der Waals surface area contributed by atoms with Crippen molar-refractivity contribution >= 4 is 17.3 Å². The van der Waals surface area contributed by atoms with E-state index < -0.39 is 0 Å². The molecule has 1 fully saturated rings. The summed E-state index contributed by atoms with van der Waals surface area (Å²) in [6, 6.07) is 6.47. The van der Waals surface area contributed by atoms with E-state index in [4.69, 9.17) is 21.6 Å². The van der Waals surface area contributed by atoms with Gasteiger partial charge in [0.25, 0.3) is 0 Å². The predicted octanol–water partition coefficient (Wildman–Crippen LogP) is 3.40. The van der Waals surface area contributed by atoms with E-state index in [1.807, 2.05) is 19.1 Å². The fourth-order valence-corrected chi connectivity index (χ4v) is 2.64. The Bertz CT molecular complexity index is 495. The highest BCUT2D eigenvalue weighted by Crippen LogP contribution is 2.38. The molecule has 2 rings (SSSR count). The molecule has 0 aliphatic carbocycles. The van der Waals surface area contributed by atoms with Crippen molar-refractivity contribution in [3.8, 4) is 11.8 Å². The molecule has 1 aliphatic heterocycles. The van der Waals surface area contributed by atoms with Crippen LogP contribution in [-0.2, 0) is 0 Å². The van der Waals surface area contributed by atoms with Crippen LogP contribution in [0.4, 0.5) is 5.69 Å². The Morgan fingerprint density at radius 1 is 1.50 bits per heavy atom. The highest BCUT2D eigenvalue weighted by molar-refractivity contribution is 6.31. The molecular formula is C14H17ClN2O. The first-order valence-corrected chi connectivity index (χ1v) is 6.46. The lowest BCUT2D eigenvalue weighted by Crippen LogP contribution is -2.29. The van der Waals surface area contributed by atoms with Gasteiger partial charge in [0.15, 0.2) is 0 Å². The molecule has 1 aromatic carbocycles. The summed E-state index contributed by atoms with van der Waals surface area (Å²) in [4.78, 5) is 2.23. The fraction of sp³-hybridized carbons (Fsp3) is 0.500. The van der Waals surface area contributed by atoms with Crippen LogP contribution in [0.1, 0.15) is 18.9 Å². The van der Waals surface area contributed by atoms with Crippen molar-refractivity contribution in [1.29, 1.82) is 5.26 Å². The van der Waals surface area contributed by atoms with E-state index >= 15 is 0 Å². The first-order chi connectivity index (χ1) is 8.58. The number of hydrogen-bond donors (Lipinski definition) is 0. The van der Waals surface area contributed by atoms with Crippen LogP contribution in [0.2, 0.25) is 5.02 Å². The number of aryl methyl sites for hydroxylation is 1. The second-order valence-electron chi connectivity index (χ2n) is 4.73. The van der Waals surface area contributed by atoms with Crippen LogP contribution in [0.3, 0.4) is 0 Å². The smallest absolute Gasteiger partial charge is 0.143 e. The molecule has 0 radical (unpaired) electrons. The number of ether oxygens (including phenoxy) is 1. The van der Waals surface area contributed by atoms with E-state index in [9.17, 15) is 0 Å². The molecule has 96 valence electrons. The molecule has 0 amide bonds. The van der Waals surface area contributed by atoms with E-state index in [1.165, 1.54) is 0 Å². The number of nitriles is 1. The van der Waals surface area contributed by atoms with E-state index in [1.54, 1.807) is 7.11 Å². The number of rotatable bonds is 2. The number of methoxy groups -OCH3 is 1. The number of benzene rings is 1. The number of halogens is 1. The predicted molar refractivity (Wildman–Crippen MR) is 73.3 cm³/mol. The highest BCUT2D eigenvalue weighted by Gasteiger charge is 2.32. The largest absolute Gasteiger partial charge is 0.495 e. The SMILES string of the molecule is COc1cc(Cl)c(C)cc1N1CCC(C#N)C1C. The monoisotopic (exact) mass is 264 g/mol. The Labute approximate surface area is 113 Å². The van der Waals surface area contributed by atoms with Crippen LogP contribution in [0.25, 0.3) is 0 Å². The zero-order valence-electron chi connectivity index (χ0n) is 10.9. The van der Waals surface area contributed by atoms with Gasteiger partial charge in [-0.3, -0.25) is 0 Å². The average Bonchev–Trinajstić information content (AvgIpc) is 2.73. The number of hydrogen-bond acceptors (Lipinski definition) is 3. The summed E-state index contributed by atoms with van der Waals surface area (Å²) in [5.74, 6) is 0.863. The third kappa shape index (κ3) is 2.13. The Kier molecular flexibility index (Phi) is 3.68. The van der Waals surface area contributed by atoms with Gasteiger partial charge in [-0.15, -0.1) is 0 Å². The molecule has 0 spiro atoms. The first-order valence-electron chi connectivity index (χ1n) is 6.09. The molecule has 4 heteroatoms. The molecule has 2 unspecified atom stereocenters. The zero-order chi connectivity index (χ0) is 13.3. The van der Waals surface area contributed by atoms with Gasteiger partial charge in [0.1, 0.15) is 5.75 Å². The van der Waals surface area contributed by atoms with E-state index in [0.29, 0.717) is 5.02 Å². The maximum Gasteiger partial charge on any atom is 0.143 e. The van der Waals surface area contributed by atoms with Crippen LogP contribution >= 0.6 is 11.6 Å². The van der Waals surface area contributed by atoms with Crippen molar-refractivity contribution < 1.29 is 4.74 Å². The van der Waals surface area contributed by atoms with Gasteiger partial charge >= 0.3 is 0 Å². The number of nitrogens with zero attached hydrogens (tertiary/aromatic N) is 2. The van der Waals surface area contributed by atoms with Crippen molar-refractivity contribution in [2.75, 3.05) is 18.6 Å². The third-order valence-electron chi connectivity index (χ3n) is 3.69. The summed E-state index contributed by atoms with van der Waals surface area (Å²) in [6.45, 7) is 4.95. The van der Waals surface area contributed by atoms with Gasteiger partial charge in [0.05, 0.1) is 24.8 Å². The Morgan fingerprint density at radius 3 is 2.78 bits per heavy atom. The lowest BCUT2D eigenvalue weighted by molar-refractivity contribution is 0.413. The Morgan fingerprint density at radius 2 is 2.22 bits per heavy atom. The maximum atomic E-state index is 9.10. The zero-order valence-corrected chi connectivity index (χ0v) is 11.7. The summed E-state index contributed by atoms with van der Waals surface area (Å²) in [5.41, 5.74) is 2.06. The van der Waals surface area contributed by atoms with Crippen LogP contribution < -0.4 is 9.64 Å². The molecule has 0 bridgehead atoms. The minimum Gasteiger partial charge on any atom is -0.495 e. The van der Waals surface area contributed by atoms with Crippen molar-refractivity contribution in [3.05, 3.63) is 22.7 Å². The lowest BCUT2D eigenvalue weighted by atomic mass is 10.0. The molecular weight excluding hydrogens is 248 g/mol. The van der Waals surface area contributed by atoms with Crippen molar-refractivity contribution in [3.63, 3.8) is 0 Å². The Hall–Kier alpha value is -1.40. The molecule has 1 saturated heterocycles. The normalized spacial score (nSPS) is 22.9. The van der Waals surface area contributed by atoms with Crippen molar-refractivity contribution in [1.82, 2.24) is 0 Å². The molecule has 1 aliphatic rings. The second kappa shape index (κ2) is 5.07. The molecule has 2 atom stereocenters. The van der Waals surface area contributed by atoms with Gasteiger partial charge in [-0.05, 0) is 31.9 Å². The van der Waals surface area contributed by atoms with E-state index in [-0.39, 0.29) is 12.0 Å². The summed E-state index contributed by atoms with van der Waals surface area (Å²) < 4.78 is 5.40. The third-order valence-corrected chi connectivity index (χ3v) is 4.10. The van der Waals surface area contributed by atoms with Gasteiger partial charge in [-0.2, -0.15) is 5.26 Å². The highest BCUT2D eigenvalue weighted by atomic mass is 35.5. The van der Waals surface area contributed by atoms with Crippen molar-refractivity contribution in [2.24, 2.45) is 5.92 Å². The topological polar surface area (TPSA) is 36.3 Å². The first kappa shape index (κ1) is 13.0. The molecule has 1 heterocycles. The molecule has 0 N–H and O–H groups in total. The van der Waals surface area contributed by atoms with Crippen LogP contribution in [0, 0.1) is 24.2 Å². The van der Waals surface area contributed by atoms with Gasteiger partial charge in [-0.25, -0.2) is 0 Å². The minimum atomic E-state index is 0.0886. The average molecular weight is 265 g/mol. The van der Waals surface area contributed by atoms with Gasteiger partial charge in [0, 0.05) is 23.7 Å². The summed E-state index contributed by atoms with van der Waals surface area (Å²) >= 11 is 6.11. The summed E-state index contributed by atoms with van der Waals surface area (Å²) in [5, 5.41) is 9.80. The fourth-order valence-electron chi connectivity index (χ4n) is 2.49. The molecule has 3 nitrogen and oxygen atoms in total. The summed E-state index contributed by atoms with van der Waals surface area (Å²) in [7, 11) is 1.65. The second-order valence-corrected chi connectivity index (χ2v) is 5.14. The lowest BCUT2D eigenvalue weighted by Gasteiger charge is -2.27. The van der Waals surface area contributed by atoms with Crippen LogP contribution in [0.15, 0.2) is 12.1 Å². The number of anilines is 1. The van der Waals surface area contributed by atoms with Crippen LogP contribution in [-0.4, -0.2) is 19.7 Å². The van der Waals surface area contributed by atoms with Crippen molar-refractivity contribution in [2.45, 2.75) is 26.3 Å². The minimum absolute atomic E-state index is 0.0886. The van der Waals surface area contributed by atoms with E-state index in [2.05, 4.69) is 17.9 Å². The van der Waals surface area contributed by atoms with Gasteiger partial charge < -0.3 is 9.64 Å². The Balaban J connectivity index is 2.40. The molecule has 0 aromatic heterocycles. The molecule has 1 aromatic rings.